The van der Waals surface area contributed by atoms with E-state index in [0.29, 0.717) is 5.56 Å². The van der Waals surface area contributed by atoms with Crippen LogP contribution in [0.3, 0.4) is 0 Å². The van der Waals surface area contributed by atoms with Crippen LogP contribution in [0, 0.1) is 6.92 Å². The summed E-state index contributed by atoms with van der Waals surface area (Å²) in [4.78, 5) is 20.7. The molecule has 2 aromatic heterocycles. The van der Waals surface area contributed by atoms with Gasteiger partial charge in [-0.3, -0.25) is 9.48 Å². The number of carbonyl (C=O) groups excluding carboxylic acids is 1. The van der Waals surface area contributed by atoms with E-state index < -0.39 is 0 Å². The zero-order valence-corrected chi connectivity index (χ0v) is 18.4. The Labute approximate surface area is 178 Å². The Hall–Kier alpha value is -2.73. The predicted molar refractivity (Wildman–Crippen MR) is 121 cm³/mol. The summed E-state index contributed by atoms with van der Waals surface area (Å²) < 4.78 is 1.78. The van der Waals surface area contributed by atoms with E-state index in [0.717, 1.165) is 47.5 Å². The van der Waals surface area contributed by atoms with Gasteiger partial charge in [0.2, 0.25) is 0 Å². The first-order valence-electron chi connectivity index (χ1n) is 10.8. The molecule has 6 heteroatoms. The molecular formula is C24H31N5O. The normalized spacial score (nSPS) is 15.5. The number of hydrogen-bond donors (Lipinski definition) is 1. The molecule has 30 heavy (non-hydrogen) atoms. The number of aryl methyl sites for hydroxylation is 2. The number of carbonyl (C=O) groups is 1. The Balaban J connectivity index is 1.66. The number of aromatic nitrogens is 3. The molecule has 1 fully saturated rings. The molecule has 0 radical (unpaired) electrons. The van der Waals surface area contributed by atoms with Gasteiger partial charge in [-0.05, 0) is 58.8 Å². The van der Waals surface area contributed by atoms with E-state index in [1.54, 1.807) is 4.68 Å². The molecule has 1 saturated heterocycles. The van der Waals surface area contributed by atoms with Gasteiger partial charge in [0.25, 0.3) is 5.91 Å². The summed E-state index contributed by atoms with van der Waals surface area (Å²) in [5.74, 6) is -0.0570. The molecule has 0 bridgehead atoms. The summed E-state index contributed by atoms with van der Waals surface area (Å²) in [6, 6.07) is 9.74. The molecule has 0 spiro atoms. The van der Waals surface area contributed by atoms with Crippen LogP contribution in [0.15, 0.2) is 36.5 Å². The molecule has 1 aliphatic heterocycles. The van der Waals surface area contributed by atoms with Gasteiger partial charge in [-0.1, -0.05) is 24.6 Å². The van der Waals surface area contributed by atoms with Crippen LogP contribution in [-0.2, 0) is 7.05 Å². The monoisotopic (exact) mass is 405 g/mol. The first kappa shape index (κ1) is 20.5. The Morgan fingerprint density at radius 2 is 1.90 bits per heavy atom. The van der Waals surface area contributed by atoms with E-state index >= 15 is 0 Å². The summed E-state index contributed by atoms with van der Waals surface area (Å²) in [6.07, 6.45) is 5.75. The van der Waals surface area contributed by atoms with Crippen molar-refractivity contribution < 1.29 is 4.79 Å². The van der Waals surface area contributed by atoms with E-state index in [4.69, 9.17) is 4.98 Å². The molecule has 0 saturated carbocycles. The van der Waals surface area contributed by atoms with Crippen LogP contribution < -0.4 is 5.32 Å². The number of rotatable bonds is 5. The van der Waals surface area contributed by atoms with Crippen molar-refractivity contribution >= 4 is 16.8 Å². The average molecular weight is 406 g/mol. The number of amides is 1. The summed E-state index contributed by atoms with van der Waals surface area (Å²) in [5.41, 5.74) is 3.78. The smallest absolute Gasteiger partial charge is 0.252 e. The van der Waals surface area contributed by atoms with Crippen LogP contribution in [-0.4, -0.2) is 50.7 Å². The fraction of sp³-hybridized carbons (Fsp3) is 0.458. The lowest BCUT2D eigenvalue weighted by molar-refractivity contribution is 0.0880. The van der Waals surface area contributed by atoms with E-state index in [1.807, 2.05) is 50.5 Å². The van der Waals surface area contributed by atoms with Crippen LogP contribution in [0.4, 0.5) is 0 Å². The number of nitrogens with one attached hydrogen (secondary N) is 1. The van der Waals surface area contributed by atoms with E-state index in [2.05, 4.69) is 29.2 Å². The zero-order valence-electron chi connectivity index (χ0n) is 18.4. The largest absolute Gasteiger partial charge is 0.346 e. The average Bonchev–Trinajstić information content (AvgIpc) is 3.05. The van der Waals surface area contributed by atoms with Crippen molar-refractivity contribution in [3.8, 4) is 11.3 Å². The van der Waals surface area contributed by atoms with Crippen LogP contribution in [0.1, 0.15) is 49.2 Å². The summed E-state index contributed by atoms with van der Waals surface area (Å²) >= 11 is 0. The van der Waals surface area contributed by atoms with E-state index in [-0.39, 0.29) is 11.4 Å². The first-order chi connectivity index (χ1) is 14.3. The maximum atomic E-state index is 13.4. The van der Waals surface area contributed by atoms with Gasteiger partial charge in [0.05, 0.1) is 22.5 Å². The van der Waals surface area contributed by atoms with Gasteiger partial charge in [0.1, 0.15) is 0 Å². The molecule has 0 atom stereocenters. The fourth-order valence-corrected chi connectivity index (χ4v) is 4.44. The van der Waals surface area contributed by atoms with Gasteiger partial charge in [-0.15, -0.1) is 0 Å². The van der Waals surface area contributed by atoms with Crippen molar-refractivity contribution in [3.63, 3.8) is 0 Å². The maximum Gasteiger partial charge on any atom is 0.252 e. The van der Waals surface area contributed by atoms with Gasteiger partial charge < -0.3 is 10.2 Å². The number of likely N-dealkylation sites (tertiary alicyclic amines) is 1. The number of hydrogen-bond acceptors (Lipinski definition) is 4. The van der Waals surface area contributed by atoms with Crippen LogP contribution in [0.25, 0.3) is 22.2 Å². The topological polar surface area (TPSA) is 63.1 Å². The number of pyridine rings is 1. The number of benzene rings is 1. The quantitative estimate of drug-likeness (QED) is 0.698. The molecule has 0 aliphatic carbocycles. The van der Waals surface area contributed by atoms with Crippen LogP contribution in [0.5, 0.6) is 0 Å². The minimum absolute atomic E-state index is 0.0570. The SMILES string of the molecule is Cc1nn(C)cc1-c1cc(C(=O)NC(C)(C)CN2CCCCC2)c2ccccc2n1. The molecule has 1 N–H and O–H groups in total. The second-order valence-corrected chi connectivity index (χ2v) is 9.05. The second-order valence-electron chi connectivity index (χ2n) is 9.05. The molecule has 158 valence electrons. The van der Waals surface area contributed by atoms with Crippen molar-refractivity contribution in [1.29, 1.82) is 0 Å². The third-order valence-electron chi connectivity index (χ3n) is 5.77. The highest BCUT2D eigenvalue weighted by Gasteiger charge is 2.26. The molecule has 0 unspecified atom stereocenters. The number of fused-ring (bicyclic) bond motifs is 1. The van der Waals surface area contributed by atoms with Gasteiger partial charge in [0.15, 0.2) is 0 Å². The highest BCUT2D eigenvalue weighted by atomic mass is 16.1. The van der Waals surface area contributed by atoms with Gasteiger partial charge in [-0.2, -0.15) is 5.10 Å². The highest BCUT2D eigenvalue weighted by Crippen LogP contribution is 2.27. The van der Waals surface area contributed by atoms with Crippen LogP contribution in [0.2, 0.25) is 0 Å². The van der Waals surface area contributed by atoms with Gasteiger partial charge in [-0.25, -0.2) is 4.98 Å². The van der Waals surface area contributed by atoms with Crippen molar-refractivity contribution in [1.82, 2.24) is 25.0 Å². The Kier molecular flexibility index (Phi) is 5.60. The third kappa shape index (κ3) is 4.38. The summed E-state index contributed by atoms with van der Waals surface area (Å²) in [7, 11) is 1.90. The molecule has 4 rings (SSSR count). The first-order valence-corrected chi connectivity index (χ1v) is 10.8. The molecule has 1 amide bonds. The minimum Gasteiger partial charge on any atom is -0.346 e. The number of nitrogens with zero attached hydrogens (tertiary/aromatic N) is 4. The van der Waals surface area contributed by atoms with Gasteiger partial charge in [0, 0.05) is 36.3 Å². The van der Waals surface area contributed by atoms with Gasteiger partial charge >= 0.3 is 0 Å². The van der Waals surface area contributed by atoms with Crippen molar-refractivity contribution in [2.45, 2.75) is 45.6 Å². The van der Waals surface area contributed by atoms with E-state index in [1.165, 1.54) is 19.3 Å². The standard InChI is InChI=1S/C24H31N5O/c1-17-20(15-28(4)27-17)22-14-19(18-10-6-7-11-21(18)25-22)23(30)26-24(2,3)16-29-12-8-5-9-13-29/h6-7,10-11,14-15H,5,8-9,12-13,16H2,1-4H3,(H,26,30). The van der Waals surface area contributed by atoms with Crippen molar-refractivity contribution in [2.75, 3.05) is 19.6 Å². The molecule has 1 aliphatic rings. The van der Waals surface area contributed by atoms with Crippen molar-refractivity contribution in [3.05, 3.63) is 47.8 Å². The summed E-state index contributed by atoms with van der Waals surface area (Å²) in [5, 5.41) is 8.59. The molecule has 1 aromatic carbocycles. The third-order valence-corrected chi connectivity index (χ3v) is 5.77. The summed E-state index contributed by atoms with van der Waals surface area (Å²) in [6.45, 7) is 9.26. The maximum absolute atomic E-state index is 13.4. The lowest BCUT2D eigenvalue weighted by atomic mass is 9.99. The minimum atomic E-state index is -0.316. The lowest BCUT2D eigenvalue weighted by Gasteiger charge is -2.35. The molecule has 6 nitrogen and oxygen atoms in total. The Morgan fingerprint density at radius 1 is 1.17 bits per heavy atom. The fourth-order valence-electron chi connectivity index (χ4n) is 4.44. The number of piperidine rings is 1. The Morgan fingerprint density at radius 3 is 2.60 bits per heavy atom. The molecular weight excluding hydrogens is 374 g/mol. The molecule has 3 aromatic rings. The predicted octanol–water partition coefficient (Wildman–Crippen LogP) is 3.94. The molecule has 3 heterocycles. The van der Waals surface area contributed by atoms with Crippen molar-refractivity contribution in [2.24, 2.45) is 7.05 Å². The Bertz CT molecular complexity index is 1060. The van der Waals surface area contributed by atoms with Crippen LogP contribution >= 0.6 is 0 Å². The second kappa shape index (κ2) is 8.19. The zero-order chi connectivity index (χ0) is 21.3. The van der Waals surface area contributed by atoms with E-state index in [9.17, 15) is 4.79 Å². The highest BCUT2D eigenvalue weighted by molar-refractivity contribution is 6.07. The lowest BCUT2D eigenvalue weighted by Crippen LogP contribution is -2.52. The number of para-hydroxylation sites is 1.